The first kappa shape index (κ1) is 87.2. The molecule has 0 aliphatic carbocycles. The van der Waals surface area contributed by atoms with Crippen molar-refractivity contribution in [2.75, 3.05) is 59.5 Å². The molecule has 9 rings (SSSR count). The zero-order valence-electron chi connectivity index (χ0n) is 56.2. The van der Waals surface area contributed by atoms with Gasteiger partial charge in [-0.3, -0.25) is 9.59 Å². The summed E-state index contributed by atoms with van der Waals surface area (Å²) < 4.78 is 98.8. The van der Waals surface area contributed by atoms with E-state index in [-0.39, 0.29) is 0 Å². The summed E-state index contributed by atoms with van der Waals surface area (Å²) in [5, 5.41) is 301. The van der Waals surface area contributed by atoms with Gasteiger partial charge >= 0.3 is 0 Å². The Bertz CT molecular complexity index is 2710. The second-order valence-electron chi connectivity index (χ2n) is 26.7. The Balaban J connectivity index is 1.04. The number of ether oxygens (including phenoxy) is 17. The summed E-state index contributed by atoms with van der Waals surface area (Å²) in [4.78, 5) is 24.9. The molecule has 0 aromatic rings. The Labute approximate surface area is 598 Å². The fourth-order valence-electron chi connectivity index (χ4n) is 13.5. The predicted octanol–water partition coefficient (Wildman–Crippen LogP) is -20.3. The predicted molar refractivity (Wildman–Crippen MR) is 320 cm³/mol. The minimum absolute atomic E-state index is 0.774. The van der Waals surface area contributed by atoms with Gasteiger partial charge in [0.05, 0.1) is 59.5 Å². The fraction of sp³-hybridized carbons (Fsp3) is 0.966. The standard InChI is InChI=1S/C58H98N2O46/c1-12(68)59-23-32(77)44(19(8-66)92-50(23)89)101-51-24(60-13(2)69)33(78)45(20(9-67)98-51)102-56-43(88)47(103-53-39(84)34(79)25(70)14(3-61)93-53)31(76)22(100-56)10-90-52-42(87)46(104-58-49(38(83)29(74)18(7-65)97-58)106-55-41(86)36(81)27(72)16(5-63)95-55)30(75)21(99-52)11-91-57-48(37(82)28(73)17(6-64)96-57)105-54-40(85)35(80)26(71)15(4-62)94-54/h14-58,61-67,70-89H,3-11H2,1-2H3,(H,59,68)(H,60,69)/t14-,15-,16-,17-,18-,19-,20-,21-,22-,23-,24-,25-,26-,27-,28-,29-,30-,31-,32-,33-,34+,35+,36+,37+,38+,39+,40+,41+,42+,43+,44-,45-,46+,47+,48+,49+,50+,51+,52+,53-,54-,55-,56+,57+,58-/m1/s1. The number of amides is 2. The Morgan fingerprint density at radius 3 is 0.934 bits per heavy atom. The number of rotatable bonds is 27. The monoisotopic (exact) mass is 1560 g/mol. The molecule has 0 saturated carbocycles. The van der Waals surface area contributed by atoms with Gasteiger partial charge in [-0.05, 0) is 0 Å². The van der Waals surface area contributed by atoms with Crippen LogP contribution in [0.5, 0.6) is 0 Å². The minimum Gasteiger partial charge on any atom is -0.394 e. The lowest BCUT2D eigenvalue weighted by Crippen LogP contribution is -2.70. The molecule has 9 aliphatic rings. The third kappa shape index (κ3) is 18.7. The zero-order valence-corrected chi connectivity index (χ0v) is 56.2. The van der Waals surface area contributed by atoms with Crippen LogP contribution in [0.4, 0.5) is 0 Å². The van der Waals surface area contributed by atoms with Gasteiger partial charge in [0.2, 0.25) is 11.8 Å². The lowest BCUT2D eigenvalue weighted by Gasteiger charge is -2.50. The molecule has 0 unspecified atom stereocenters. The molecule has 9 saturated heterocycles. The van der Waals surface area contributed by atoms with Crippen LogP contribution in [0.3, 0.4) is 0 Å². The zero-order chi connectivity index (χ0) is 77.9. The maximum Gasteiger partial charge on any atom is 0.217 e. The molecule has 616 valence electrons. The molecule has 0 spiro atoms. The van der Waals surface area contributed by atoms with Crippen LogP contribution in [-0.4, -0.2) is 485 Å². The van der Waals surface area contributed by atoms with Gasteiger partial charge in [0, 0.05) is 13.8 Å². The van der Waals surface area contributed by atoms with Gasteiger partial charge in [-0.1, -0.05) is 0 Å². The summed E-state index contributed by atoms with van der Waals surface area (Å²) in [6.45, 7) is -7.77. The highest BCUT2D eigenvalue weighted by molar-refractivity contribution is 5.73. The largest absolute Gasteiger partial charge is 0.394 e. The highest BCUT2D eigenvalue weighted by Gasteiger charge is 2.60. The molecule has 9 aliphatic heterocycles. The average Bonchev–Trinajstić information content (AvgIpc) is 0.769. The van der Waals surface area contributed by atoms with E-state index in [0.717, 1.165) is 13.8 Å². The molecular weight excluding hydrogens is 1460 g/mol. The van der Waals surface area contributed by atoms with Gasteiger partial charge in [0.1, 0.15) is 220 Å². The number of hydrogen-bond donors (Lipinski definition) is 29. The van der Waals surface area contributed by atoms with E-state index >= 15 is 0 Å². The van der Waals surface area contributed by atoms with Gasteiger partial charge in [-0.15, -0.1) is 0 Å². The Hall–Kier alpha value is -2.82. The van der Waals surface area contributed by atoms with Crippen molar-refractivity contribution in [3.8, 4) is 0 Å². The summed E-state index contributed by atoms with van der Waals surface area (Å²) >= 11 is 0. The quantitative estimate of drug-likeness (QED) is 0.0363. The average molecular weight is 1560 g/mol. The molecule has 9 heterocycles. The lowest BCUT2D eigenvalue weighted by molar-refractivity contribution is -0.397. The number of aliphatic hydroxyl groups excluding tert-OH is 27. The Morgan fingerprint density at radius 1 is 0.245 bits per heavy atom. The van der Waals surface area contributed by atoms with Crippen LogP contribution in [0.2, 0.25) is 0 Å². The van der Waals surface area contributed by atoms with Crippen molar-refractivity contribution in [3.63, 3.8) is 0 Å². The van der Waals surface area contributed by atoms with Crippen molar-refractivity contribution in [1.29, 1.82) is 0 Å². The van der Waals surface area contributed by atoms with E-state index in [2.05, 4.69) is 10.6 Å². The lowest BCUT2D eigenvalue weighted by atomic mass is 9.94. The van der Waals surface area contributed by atoms with Crippen molar-refractivity contribution in [1.82, 2.24) is 10.6 Å². The third-order valence-electron chi connectivity index (χ3n) is 19.5. The van der Waals surface area contributed by atoms with E-state index in [1.54, 1.807) is 0 Å². The van der Waals surface area contributed by atoms with Gasteiger partial charge < -0.3 is 229 Å². The van der Waals surface area contributed by atoms with Crippen LogP contribution in [-0.2, 0) is 90.1 Å². The van der Waals surface area contributed by atoms with Crippen LogP contribution >= 0.6 is 0 Å². The maximum atomic E-state index is 12.9. The van der Waals surface area contributed by atoms with Crippen molar-refractivity contribution in [2.24, 2.45) is 0 Å². The first-order valence-corrected chi connectivity index (χ1v) is 33.7. The molecule has 0 radical (unpaired) electrons. The summed E-state index contributed by atoms with van der Waals surface area (Å²) in [7, 11) is 0. The van der Waals surface area contributed by atoms with E-state index in [0.29, 0.717) is 0 Å². The van der Waals surface area contributed by atoms with E-state index in [1.165, 1.54) is 0 Å². The molecule has 45 atom stereocenters. The van der Waals surface area contributed by atoms with E-state index in [9.17, 15) is 147 Å². The highest BCUT2D eigenvalue weighted by Crippen LogP contribution is 2.39. The van der Waals surface area contributed by atoms with Crippen LogP contribution < -0.4 is 10.6 Å². The van der Waals surface area contributed by atoms with Gasteiger partial charge in [-0.25, -0.2) is 0 Å². The Kier molecular flexibility index (Phi) is 31.1. The highest BCUT2D eigenvalue weighted by atomic mass is 16.8. The molecule has 48 heteroatoms. The summed E-state index contributed by atoms with van der Waals surface area (Å²) in [5.41, 5.74) is 0. The van der Waals surface area contributed by atoms with E-state index < -0.39 is 348 Å². The molecule has 2 amide bonds. The molecule has 9 fully saturated rings. The normalized spacial score (nSPS) is 51.2. The second kappa shape index (κ2) is 37.9. The smallest absolute Gasteiger partial charge is 0.217 e. The SMILES string of the molecule is CC(=O)N[C@@H]1[C@@H](O)[C@H](O[C@@H]2O[C@H](CO)[C@@H](O[C@@H]3O[C@H](CO[C@H]4O[C@H](CO[C@H]5O[C@H](CO)[C@@H](O)[C@H](O)[C@@H]5O[C@H]5O[C@H](CO)[C@@H](O)[C@H](O)[C@@H]5O)[C@@H](O)[C@H](O[C@H]5O[C@H](CO)[C@@H](O)[C@H](O)[C@@H]5O[C@H]5O[C@H](CO)[C@@H](O)[C@H](O)[C@@H]5O)[C@@H]4O)[C@@H](O)[C@H](O[C@H]4O[C@H](CO)[C@@H](O)[C@H](O)[C@@H]4O)[C@@H]3O)[C@H](O)[C@H]2NC(C)=O)[C@@H](CO)O[C@@H]1O. The summed E-state index contributed by atoms with van der Waals surface area (Å²) in [6, 6.07) is -3.51. The van der Waals surface area contributed by atoms with Crippen LogP contribution in [0.1, 0.15) is 13.8 Å². The maximum absolute atomic E-state index is 12.9. The number of carbonyl (C=O) groups is 2. The van der Waals surface area contributed by atoms with Gasteiger partial charge in [0.25, 0.3) is 0 Å². The summed E-state index contributed by atoms with van der Waals surface area (Å²) in [6.07, 6.45) is -90.3. The van der Waals surface area contributed by atoms with Gasteiger partial charge in [-0.2, -0.15) is 0 Å². The Morgan fingerprint density at radius 2 is 0.519 bits per heavy atom. The van der Waals surface area contributed by atoms with Gasteiger partial charge in [0.15, 0.2) is 56.6 Å². The number of aliphatic hydroxyl groups is 27. The fourth-order valence-corrected chi connectivity index (χ4v) is 13.5. The molecule has 106 heavy (non-hydrogen) atoms. The van der Waals surface area contributed by atoms with Crippen LogP contribution in [0.15, 0.2) is 0 Å². The minimum atomic E-state index is -2.50. The van der Waals surface area contributed by atoms with E-state index in [4.69, 9.17) is 80.5 Å². The van der Waals surface area contributed by atoms with Crippen molar-refractivity contribution in [2.45, 2.75) is 290 Å². The molecule has 29 N–H and O–H groups in total. The van der Waals surface area contributed by atoms with Crippen molar-refractivity contribution in [3.05, 3.63) is 0 Å². The second-order valence-corrected chi connectivity index (χ2v) is 26.7. The third-order valence-corrected chi connectivity index (χ3v) is 19.5. The van der Waals surface area contributed by atoms with Crippen molar-refractivity contribution >= 4 is 11.8 Å². The number of nitrogens with one attached hydrogen (secondary N) is 2. The summed E-state index contributed by atoms with van der Waals surface area (Å²) in [5.74, 6) is -1.69. The topological polar surface area (TPSA) is 761 Å². The first-order valence-electron chi connectivity index (χ1n) is 33.7. The molecular formula is C58H98N2O46. The molecule has 0 aromatic carbocycles. The van der Waals surface area contributed by atoms with Crippen LogP contribution in [0.25, 0.3) is 0 Å². The molecule has 0 bridgehead atoms. The van der Waals surface area contributed by atoms with Crippen LogP contribution in [0, 0.1) is 0 Å². The molecule has 0 aromatic heterocycles. The van der Waals surface area contributed by atoms with E-state index in [1.807, 2.05) is 0 Å². The number of carbonyl (C=O) groups excluding carboxylic acids is 2. The molecule has 48 nitrogen and oxygen atoms in total. The van der Waals surface area contributed by atoms with Crippen molar-refractivity contribution < 1.29 is 228 Å². The first-order chi connectivity index (χ1) is 50.2. The number of hydrogen-bond acceptors (Lipinski definition) is 46.